The maximum absolute atomic E-state index is 11.1. The second-order valence-corrected chi connectivity index (χ2v) is 3.38. The standard InChI is InChI=1S/C7H12N4OS/c1-4(6(12)8-3)9-7-10-5(2)11-13-7/h4H,1-3H3,(H,8,12)(H,9,10,11). The van der Waals surface area contributed by atoms with Crippen LogP contribution < -0.4 is 10.6 Å². The first-order chi connectivity index (χ1) is 6.13. The van der Waals surface area contributed by atoms with Crippen molar-refractivity contribution >= 4 is 22.6 Å². The van der Waals surface area contributed by atoms with Crippen LogP contribution in [0.2, 0.25) is 0 Å². The van der Waals surface area contributed by atoms with Crippen LogP contribution in [0.25, 0.3) is 0 Å². The summed E-state index contributed by atoms with van der Waals surface area (Å²) in [7, 11) is 1.60. The van der Waals surface area contributed by atoms with Gasteiger partial charge in [0.2, 0.25) is 11.0 Å². The fraction of sp³-hybridized carbons (Fsp3) is 0.571. The van der Waals surface area contributed by atoms with E-state index in [4.69, 9.17) is 0 Å². The summed E-state index contributed by atoms with van der Waals surface area (Å²) in [6, 6.07) is -0.280. The third-order valence-corrected chi connectivity index (χ3v) is 2.24. The van der Waals surface area contributed by atoms with Crippen LogP contribution >= 0.6 is 11.5 Å². The number of amides is 1. The van der Waals surface area contributed by atoms with Gasteiger partial charge in [-0.3, -0.25) is 4.79 Å². The third-order valence-electron chi connectivity index (χ3n) is 1.51. The van der Waals surface area contributed by atoms with Gasteiger partial charge in [0.25, 0.3) is 0 Å². The van der Waals surface area contributed by atoms with Crippen molar-refractivity contribution in [3.63, 3.8) is 0 Å². The molecule has 1 aromatic heterocycles. The molecule has 0 aliphatic carbocycles. The maximum Gasteiger partial charge on any atom is 0.242 e. The van der Waals surface area contributed by atoms with Gasteiger partial charge in [-0.2, -0.15) is 4.37 Å². The topological polar surface area (TPSA) is 66.9 Å². The number of nitrogens with zero attached hydrogens (tertiary/aromatic N) is 2. The number of aromatic nitrogens is 2. The van der Waals surface area contributed by atoms with E-state index in [-0.39, 0.29) is 11.9 Å². The number of rotatable bonds is 3. The Morgan fingerprint density at radius 2 is 2.31 bits per heavy atom. The van der Waals surface area contributed by atoms with Crippen LogP contribution in [-0.2, 0) is 4.79 Å². The van der Waals surface area contributed by atoms with Crippen LogP contribution in [0.15, 0.2) is 0 Å². The summed E-state index contributed by atoms with van der Waals surface area (Å²) in [5, 5.41) is 6.17. The van der Waals surface area contributed by atoms with Crippen LogP contribution in [0.1, 0.15) is 12.7 Å². The Hall–Kier alpha value is -1.17. The Bertz CT molecular complexity index is 298. The predicted octanol–water partition coefficient (Wildman–Crippen LogP) is 0.393. The Kier molecular flexibility index (Phi) is 3.18. The summed E-state index contributed by atoms with van der Waals surface area (Å²) >= 11 is 1.25. The summed E-state index contributed by atoms with van der Waals surface area (Å²) in [5.74, 6) is 0.657. The first-order valence-corrected chi connectivity index (χ1v) is 4.69. The SMILES string of the molecule is CNC(=O)C(C)Nc1nc(C)ns1. The first kappa shape index (κ1) is 9.91. The minimum atomic E-state index is -0.280. The van der Waals surface area contributed by atoms with Crippen LogP contribution in [0.3, 0.4) is 0 Å². The molecule has 5 nitrogen and oxygen atoms in total. The molecule has 0 saturated heterocycles. The summed E-state index contributed by atoms with van der Waals surface area (Å²) in [6.45, 7) is 3.59. The molecule has 0 aromatic carbocycles. The highest BCUT2D eigenvalue weighted by molar-refractivity contribution is 7.09. The van der Waals surface area contributed by atoms with Crippen LogP contribution in [0.5, 0.6) is 0 Å². The number of anilines is 1. The van der Waals surface area contributed by atoms with Crippen molar-refractivity contribution < 1.29 is 4.79 Å². The molecule has 0 bridgehead atoms. The average Bonchev–Trinajstić information content (AvgIpc) is 2.49. The summed E-state index contributed by atoms with van der Waals surface area (Å²) in [6.07, 6.45) is 0. The zero-order chi connectivity index (χ0) is 9.84. The number of hydrogen-bond acceptors (Lipinski definition) is 5. The largest absolute Gasteiger partial charge is 0.357 e. The molecule has 1 aromatic rings. The van der Waals surface area contributed by atoms with Crippen molar-refractivity contribution in [2.75, 3.05) is 12.4 Å². The number of nitrogens with one attached hydrogen (secondary N) is 2. The minimum absolute atomic E-state index is 0.0622. The highest BCUT2D eigenvalue weighted by Gasteiger charge is 2.11. The van der Waals surface area contributed by atoms with E-state index in [0.29, 0.717) is 5.13 Å². The number of carbonyl (C=O) groups excluding carboxylic acids is 1. The van der Waals surface area contributed by atoms with Gasteiger partial charge < -0.3 is 10.6 Å². The van der Waals surface area contributed by atoms with E-state index in [9.17, 15) is 4.79 Å². The third kappa shape index (κ3) is 2.66. The number of likely N-dealkylation sites (N-methyl/N-ethyl adjacent to an activating group) is 1. The van der Waals surface area contributed by atoms with Gasteiger partial charge in [-0.1, -0.05) is 0 Å². The molecule has 0 fully saturated rings. The molecular formula is C7H12N4OS. The van der Waals surface area contributed by atoms with Gasteiger partial charge in [-0.05, 0) is 13.8 Å². The lowest BCUT2D eigenvalue weighted by atomic mass is 10.3. The maximum atomic E-state index is 11.1. The van der Waals surface area contributed by atoms with E-state index >= 15 is 0 Å². The average molecular weight is 200 g/mol. The zero-order valence-corrected chi connectivity index (χ0v) is 8.60. The Labute approximate surface area is 80.7 Å². The molecule has 0 aliphatic heterocycles. The summed E-state index contributed by atoms with van der Waals surface area (Å²) in [5.41, 5.74) is 0. The molecule has 0 radical (unpaired) electrons. The Morgan fingerprint density at radius 1 is 1.62 bits per heavy atom. The van der Waals surface area contributed by atoms with Gasteiger partial charge in [-0.25, -0.2) is 4.98 Å². The molecule has 6 heteroatoms. The fourth-order valence-corrected chi connectivity index (χ4v) is 1.48. The molecule has 72 valence electrons. The second-order valence-electron chi connectivity index (χ2n) is 2.63. The summed E-state index contributed by atoms with van der Waals surface area (Å²) in [4.78, 5) is 15.2. The highest BCUT2D eigenvalue weighted by atomic mass is 32.1. The van der Waals surface area contributed by atoms with E-state index < -0.39 is 0 Å². The van der Waals surface area contributed by atoms with E-state index in [1.165, 1.54) is 11.5 Å². The predicted molar refractivity (Wildman–Crippen MR) is 51.8 cm³/mol. The Morgan fingerprint density at radius 3 is 2.77 bits per heavy atom. The van der Waals surface area contributed by atoms with Crippen molar-refractivity contribution in [3.05, 3.63) is 5.82 Å². The minimum Gasteiger partial charge on any atom is -0.357 e. The molecule has 1 heterocycles. The van der Waals surface area contributed by atoms with Crippen LogP contribution in [0, 0.1) is 6.92 Å². The number of aryl methyl sites for hydroxylation is 1. The molecule has 1 rings (SSSR count). The Balaban J connectivity index is 2.54. The van der Waals surface area contributed by atoms with Crippen LogP contribution in [-0.4, -0.2) is 28.4 Å². The lowest BCUT2D eigenvalue weighted by molar-refractivity contribution is -0.121. The van der Waals surface area contributed by atoms with Gasteiger partial charge >= 0.3 is 0 Å². The first-order valence-electron chi connectivity index (χ1n) is 3.92. The van der Waals surface area contributed by atoms with Crippen molar-refractivity contribution in [3.8, 4) is 0 Å². The fourth-order valence-electron chi connectivity index (χ4n) is 0.823. The van der Waals surface area contributed by atoms with E-state index in [1.54, 1.807) is 14.0 Å². The zero-order valence-electron chi connectivity index (χ0n) is 7.79. The molecule has 13 heavy (non-hydrogen) atoms. The smallest absolute Gasteiger partial charge is 0.242 e. The highest BCUT2D eigenvalue weighted by Crippen LogP contribution is 2.11. The molecule has 0 spiro atoms. The van der Waals surface area contributed by atoms with Crippen molar-refractivity contribution in [1.29, 1.82) is 0 Å². The second kappa shape index (κ2) is 4.18. The molecule has 2 N–H and O–H groups in total. The normalized spacial score (nSPS) is 12.2. The van der Waals surface area contributed by atoms with Gasteiger partial charge in [0.1, 0.15) is 11.9 Å². The van der Waals surface area contributed by atoms with Gasteiger partial charge in [0.15, 0.2) is 0 Å². The molecule has 0 aliphatic rings. The molecule has 0 saturated carbocycles. The van der Waals surface area contributed by atoms with E-state index in [2.05, 4.69) is 20.0 Å². The van der Waals surface area contributed by atoms with E-state index in [1.807, 2.05) is 6.92 Å². The molecule has 1 unspecified atom stereocenters. The van der Waals surface area contributed by atoms with Crippen LogP contribution in [0.4, 0.5) is 5.13 Å². The lowest BCUT2D eigenvalue weighted by Gasteiger charge is -2.09. The van der Waals surface area contributed by atoms with Crippen molar-refractivity contribution in [2.45, 2.75) is 19.9 Å². The monoisotopic (exact) mass is 200 g/mol. The summed E-state index contributed by atoms with van der Waals surface area (Å²) < 4.78 is 3.99. The molecule has 1 amide bonds. The van der Waals surface area contributed by atoms with Crippen molar-refractivity contribution in [1.82, 2.24) is 14.7 Å². The molecule has 1 atom stereocenters. The van der Waals surface area contributed by atoms with Gasteiger partial charge in [0.05, 0.1) is 0 Å². The number of carbonyl (C=O) groups is 1. The van der Waals surface area contributed by atoms with E-state index in [0.717, 1.165) is 5.82 Å². The molecular weight excluding hydrogens is 188 g/mol. The quantitative estimate of drug-likeness (QED) is 0.741. The lowest BCUT2D eigenvalue weighted by Crippen LogP contribution is -2.35. The van der Waals surface area contributed by atoms with Gasteiger partial charge in [-0.15, -0.1) is 0 Å². The van der Waals surface area contributed by atoms with Crippen molar-refractivity contribution in [2.24, 2.45) is 0 Å². The number of hydrogen-bond donors (Lipinski definition) is 2. The van der Waals surface area contributed by atoms with Gasteiger partial charge in [0, 0.05) is 18.6 Å².